The molecule has 0 atom stereocenters. The van der Waals surface area contributed by atoms with Gasteiger partial charge in [-0.15, -0.1) is 0 Å². The molecule has 0 aromatic heterocycles. The van der Waals surface area contributed by atoms with Gasteiger partial charge in [0.1, 0.15) is 0 Å². The summed E-state index contributed by atoms with van der Waals surface area (Å²) in [5, 5.41) is 3.78. The van der Waals surface area contributed by atoms with Gasteiger partial charge in [-0.1, -0.05) is 56.6 Å². The summed E-state index contributed by atoms with van der Waals surface area (Å²) in [4.78, 5) is 0. The lowest BCUT2D eigenvalue weighted by Crippen LogP contribution is -2.56. The molecule has 1 nitrogen and oxygen atoms in total. The van der Waals surface area contributed by atoms with Crippen LogP contribution in [0.1, 0.15) is 106 Å². The van der Waals surface area contributed by atoms with Crippen molar-refractivity contribution in [2.24, 2.45) is 0 Å². The van der Waals surface area contributed by atoms with Crippen molar-refractivity contribution in [3.8, 4) is 0 Å². The Bertz CT molecular complexity index is 318. The van der Waals surface area contributed by atoms with Crippen LogP contribution in [0, 0.1) is 0 Å². The molecular weight excluding hydrogens is 254 g/mol. The van der Waals surface area contributed by atoms with Crippen LogP contribution in [-0.4, -0.2) is 11.1 Å². The summed E-state index contributed by atoms with van der Waals surface area (Å²) >= 11 is 0. The zero-order valence-electron chi connectivity index (χ0n) is 15.6. The molecule has 124 valence electrons. The number of unbranched alkanes of at least 4 members (excludes halogenated alkanes) is 6. The predicted octanol–water partition coefficient (Wildman–Crippen LogP) is 6.38. The van der Waals surface area contributed by atoms with Crippen molar-refractivity contribution in [1.29, 1.82) is 0 Å². The molecule has 1 heterocycles. The van der Waals surface area contributed by atoms with Crippen LogP contribution in [0.2, 0.25) is 0 Å². The van der Waals surface area contributed by atoms with Gasteiger partial charge in [0, 0.05) is 11.1 Å². The Balaban J connectivity index is 2.36. The molecule has 1 N–H and O–H groups in total. The first-order chi connectivity index (χ1) is 9.76. The smallest absolute Gasteiger partial charge is 0.0167 e. The third kappa shape index (κ3) is 7.49. The van der Waals surface area contributed by atoms with Gasteiger partial charge in [0.2, 0.25) is 0 Å². The zero-order chi connectivity index (χ0) is 15.9. The van der Waals surface area contributed by atoms with Crippen molar-refractivity contribution in [2.75, 3.05) is 0 Å². The van der Waals surface area contributed by atoms with Gasteiger partial charge in [0.25, 0.3) is 0 Å². The summed E-state index contributed by atoms with van der Waals surface area (Å²) in [6, 6.07) is 0. The van der Waals surface area contributed by atoms with Crippen molar-refractivity contribution in [3.63, 3.8) is 0 Å². The number of nitrogens with one attached hydrogen (secondary N) is 1. The average Bonchev–Trinajstić information content (AvgIpc) is 2.33. The fourth-order valence-corrected chi connectivity index (χ4v) is 3.96. The highest BCUT2D eigenvalue weighted by atomic mass is 15.0. The first-order valence-electron chi connectivity index (χ1n) is 9.22. The van der Waals surface area contributed by atoms with E-state index in [4.69, 9.17) is 0 Å². The Morgan fingerprint density at radius 2 is 1.33 bits per heavy atom. The van der Waals surface area contributed by atoms with Crippen LogP contribution in [0.5, 0.6) is 0 Å². The molecule has 1 saturated heterocycles. The minimum absolute atomic E-state index is 0.249. The molecule has 0 radical (unpaired) electrons. The second-order valence-electron chi connectivity index (χ2n) is 8.50. The van der Waals surface area contributed by atoms with Gasteiger partial charge in [-0.3, -0.25) is 0 Å². The van der Waals surface area contributed by atoms with Gasteiger partial charge < -0.3 is 5.32 Å². The van der Waals surface area contributed by atoms with E-state index in [-0.39, 0.29) is 11.1 Å². The molecule has 1 rings (SSSR count). The monoisotopic (exact) mass is 293 g/mol. The van der Waals surface area contributed by atoms with E-state index >= 15 is 0 Å². The Morgan fingerprint density at radius 3 is 1.86 bits per heavy atom. The lowest BCUT2D eigenvalue weighted by Gasteiger charge is -2.44. The molecule has 1 heteroatoms. The molecular formula is C20H39N. The second kappa shape index (κ2) is 8.36. The highest BCUT2D eigenvalue weighted by Crippen LogP contribution is 2.35. The highest BCUT2D eigenvalue weighted by molar-refractivity contribution is 5.21. The quantitative estimate of drug-likeness (QED) is 0.404. The van der Waals surface area contributed by atoms with E-state index in [1.165, 1.54) is 64.2 Å². The molecule has 0 aliphatic carbocycles. The van der Waals surface area contributed by atoms with E-state index in [0.717, 1.165) is 0 Å². The molecule has 0 spiro atoms. The van der Waals surface area contributed by atoms with E-state index in [2.05, 4.69) is 46.9 Å². The molecule has 0 unspecified atom stereocenters. The van der Waals surface area contributed by atoms with Crippen LogP contribution in [0.25, 0.3) is 0 Å². The number of piperidine rings is 1. The number of rotatable bonds is 8. The van der Waals surface area contributed by atoms with Crippen molar-refractivity contribution in [3.05, 3.63) is 11.1 Å². The third-order valence-corrected chi connectivity index (χ3v) is 4.75. The first kappa shape index (κ1) is 18.7. The summed E-state index contributed by atoms with van der Waals surface area (Å²) in [6.07, 6.45) is 13.6. The summed E-state index contributed by atoms with van der Waals surface area (Å²) < 4.78 is 0. The molecule has 1 fully saturated rings. The topological polar surface area (TPSA) is 12.0 Å². The van der Waals surface area contributed by atoms with E-state index in [1.54, 1.807) is 11.1 Å². The first-order valence-corrected chi connectivity index (χ1v) is 9.22. The predicted molar refractivity (Wildman–Crippen MR) is 95.8 cm³/mol. The van der Waals surface area contributed by atoms with Gasteiger partial charge in [0.05, 0.1) is 0 Å². The normalized spacial score (nSPS) is 20.6. The van der Waals surface area contributed by atoms with E-state index in [1.807, 2.05) is 0 Å². The Morgan fingerprint density at radius 1 is 0.857 bits per heavy atom. The molecule has 1 aliphatic rings. The molecule has 0 aromatic rings. The highest BCUT2D eigenvalue weighted by Gasteiger charge is 2.35. The molecule has 0 aromatic carbocycles. The van der Waals surface area contributed by atoms with E-state index < -0.39 is 0 Å². The Labute approximate surface area is 134 Å². The minimum atomic E-state index is 0.249. The molecule has 0 bridgehead atoms. The van der Waals surface area contributed by atoms with Crippen LogP contribution >= 0.6 is 0 Å². The molecule has 0 amide bonds. The van der Waals surface area contributed by atoms with Gasteiger partial charge in [-0.05, 0) is 60.3 Å². The standard InChI is InChI=1S/C20H39N/c1-7-8-9-10-11-12-13-14-17(2)18-15-19(3,4)21-20(5,6)16-18/h21H,7-16H2,1-6H3. The van der Waals surface area contributed by atoms with Crippen LogP contribution in [-0.2, 0) is 0 Å². The maximum atomic E-state index is 3.78. The van der Waals surface area contributed by atoms with Gasteiger partial charge in [-0.2, -0.15) is 0 Å². The van der Waals surface area contributed by atoms with Crippen molar-refractivity contribution < 1.29 is 0 Å². The van der Waals surface area contributed by atoms with Crippen LogP contribution < -0.4 is 5.32 Å². The van der Waals surface area contributed by atoms with Crippen LogP contribution in [0.4, 0.5) is 0 Å². The summed E-state index contributed by atoms with van der Waals surface area (Å²) in [7, 11) is 0. The maximum Gasteiger partial charge on any atom is 0.0167 e. The molecule has 21 heavy (non-hydrogen) atoms. The van der Waals surface area contributed by atoms with Gasteiger partial charge in [0.15, 0.2) is 0 Å². The van der Waals surface area contributed by atoms with Gasteiger partial charge in [-0.25, -0.2) is 0 Å². The Hall–Kier alpha value is -0.300. The average molecular weight is 294 g/mol. The number of hydrogen-bond acceptors (Lipinski definition) is 1. The van der Waals surface area contributed by atoms with Crippen molar-refractivity contribution in [1.82, 2.24) is 5.32 Å². The van der Waals surface area contributed by atoms with Crippen LogP contribution in [0.3, 0.4) is 0 Å². The van der Waals surface area contributed by atoms with E-state index in [0.29, 0.717) is 0 Å². The van der Waals surface area contributed by atoms with Crippen LogP contribution in [0.15, 0.2) is 11.1 Å². The van der Waals surface area contributed by atoms with Gasteiger partial charge >= 0.3 is 0 Å². The lowest BCUT2D eigenvalue weighted by molar-refractivity contribution is 0.221. The molecule has 0 saturated carbocycles. The zero-order valence-corrected chi connectivity index (χ0v) is 15.6. The van der Waals surface area contributed by atoms with E-state index in [9.17, 15) is 0 Å². The Kier molecular flexibility index (Phi) is 7.47. The fraction of sp³-hybridized carbons (Fsp3) is 0.900. The fourth-order valence-electron chi connectivity index (χ4n) is 3.96. The summed E-state index contributed by atoms with van der Waals surface area (Å²) in [5.74, 6) is 0. The SMILES string of the molecule is CCCCCCCCCC(C)=C1CC(C)(C)NC(C)(C)C1. The second-order valence-corrected chi connectivity index (χ2v) is 8.50. The molecule has 1 aliphatic heterocycles. The summed E-state index contributed by atoms with van der Waals surface area (Å²) in [5.41, 5.74) is 3.89. The number of allylic oxidation sites excluding steroid dienone is 1. The van der Waals surface area contributed by atoms with Crippen molar-refractivity contribution in [2.45, 2.75) is 117 Å². The summed E-state index contributed by atoms with van der Waals surface area (Å²) in [6.45, 7) is 14.0. The largest absolute Gasteiger partial charge is 0.306 e. The minimum Gasteiger partial charge on any atom is -0.306 e. The third-order valence-electron chi connectivity index (χ3n) is 4.75. The number of hydrogen-bond donors (Lipinski definition) is 1. The van der Waals surface area contributed by atoms with Crippen molar-refractivity contribution >= 4 is 0 Å². The maximum absolute atomic E-state index is 3.78. The lowest BCUT2D eigenvalue weighted by atomic mass is 9.77.